The highest BCUT2D eigenvalue weighted by molar-refractivity contribution is 7.09. The summed E-state index contributed by atoms with van der Waals surface area (Å²) in [5.41, 5.74) is -3.50. The van der Waals surface area contributed by atoms with Gasteiger partial charge in [-0.1, -0.05) is 0 Å². The van der Waals surface area contributed by atoms with Gasteiger partial charge in [0.2, 0.25) is 0 Å². The molecule has 0 unspecified atom stereocenters. The maximum Gasteiger partial charge on any atom is 0.416 e. The Morgan fingerprint density at radius 1 is 1.15 bits per heavy atom. The van der Waals surface area contributed by atoms with E-state index in [9.17, 15) is 32.7 Å². The van der Waals surface area contributed by atoms with Gasteiger partial charge in [-0.15, -0.1) is 11.3 Å². The third-order valence-electron chi connectivity index (χ3n) is 5.22. The SMILES string of the molecule is O=C(O)c1c(-n2c(=O)[nH]c3cscc3c2=O)c2cc(C(F)(F)F)ccc2n1Cc1ccco1. The quantitative estimate of drug-likeness (QED) is 0.408. The maximum atomic E-state index is 13.5. The van der Waals surface area contributed by atoms with Crippen molar-refractivity contribution in [1.82, 2.24) is 14.1 Å². The molecule has 4 heterocycles. The number of fused-ring (bicyclic) bond motifs is 2. The summed E-state index contributed by atoms with van der Waals surface area (Å²) < 4.78 is 47.5. The zero-order valence-electron chi connectivity index (χ0n) is 16.3. The minimum Gasteiger partial charge on any atom is -0.477 e. The van der Waals surface area contributed by atoms with Gasteiger partial charge in [-0.3, -0.25) is 4.79 Å². The van der Waals surface area contributed by atoms with E-state index in [-0.39, 0.29) is 28.4 Å². The van der Waals surface area contributed by atoms with Crippen molar-refractivity contribution in [1.29, 1.82) is 0 Å². The van der Waals surface area contributed by atoms with Gasteiger partial charge in [0.15, 0.2) is 5.69 Å². The van der Waals surface area contributed by atoms with Gasteiger partial charge < -0.3 is 19.1 Å². The van der Waals surface area contributed by atoms with Crippen molar-refractivity contribution in [2.45, 2.75) is 12.7 Å². The molecular weight excluding hydrogens is 463 g/mol. The number of hydrogen-bond acceptors (Lipinski definition) is 5. The molecule has 0 spiro atoms. The number of aromatic nitrogens is 3. The number of furan rings is 1. The summed E-state index contributed by atoms with van der Waals surface area (Å²) in [6.07, 6.45) is -3.36. The Morgan fingerprint density at radius 3 is 2.61 bits per heavy atom. The normalized spacial score (nSPS) is 12.1. The monoisotopic (exact) mass is 475 g/mol. The van der Waals surface area contributed by atoms with Gasteiger partial charge in [-0.25, -0.2) is 14.2 Å². The molecule has 0 aliphatic carbocycles. The van der Waals surface area contributed by atoms with Crippen LogP contribution in [-0.2, 0) is 12.7 Å². The Labute approximate surface area is 184 Å². The average molecular weight is 475 g/mol. The van der Waals surface area contributed by atoms with Gasteiger partial charge >= 0.3 is 17.8 Å². The topological polar surface area (TPSA) is 110 Å². The maximum absolute atomic E-state index is 13.5. The summed E-state index contributed by atoms with van der Waals surface area (Å²) in [6, 6.07) is 5.80. The lowest BCUT2D eigenvalue weighted by molar-refractivity contribution is -0.137. The first kappa shape index (κ1) is 20.8. The highest BCUT2D eigenvalue weighted by Crippen LogP contribution is 2.36. The van der Waals surface area contributed by atoms with Crippen molar-refractivity contribution < 1.29 is 27.5 Å². The zero-order valence-corrected chi connectivity index (χ0v) is 17.2. The summed E-state index contributed by atoms with van der Waals surface area (Å²) in [5, 5.41) is 12.9. The number of nitrogens with zero attached hydrogens (tertiary/aromatic N) is 2. The van der Waals surface area contributed by atoms with Gasteiger partial charge in [0.25, 0.3) is 5.56 Å². The van der Waals surface area contributed by atoms with Crippen LogP contribution >= 0.6 is 11.3 Å². The van der Waals surface area contributed by atoms with Crippen LogP contribution in [0.5, 0.6) is 0 Å². The number of rotatable bonds is 4. The Bertz CT molecular complexity index is 1650. The average Bonchev–Trinajstić information content (AvgIpc) is 3.47. The lowest BCUT2D eigenvalue weighted by Gasteiger charge is -2.08. The molecule has 0 saturated carbocycles. The van der Waals surface area contributed by atoms with E-state index in [0.717, 1.165) is 29.5 Å². The summed E-state index contributed by atoms with van der Waals surface area (Å²) in [5.74, 6) is -1.20. The van der Waals surface area contributed by atoms with Crippen molar-refractivity contribution in [3.8, 4) is 5.69 Å². The van der Waals surface area contributed by atoms with Crippen molar-refractivity contribution in [2.75, 3.05) is 0 Å². The van der Waals surface area contributed by atoms with Gasteiger partial charge in [-0.2, -0.15) is 13.2 Å². The molecule has 0 atom stereocenters. The van der Waals surface area contributed by atoms with Crippen molar-refractivity contribution in [2.24, 2.45) is 0 Å². The molecule has 8 nitrogen and oxygen atoms in total. The number of alkyl halides is 3. The molecule has 2 N–H and O–H groups in total. The Kier molecular flexibility index (Phi) is 4.57. The fraction of sp³-hybridized carbons (Fsp3) is 0.0952. The van der Waals surface area contributed by atoms with Crippen LogP contribution in [0.4, 0.5) is 13.2 Å². The molecule has 0 bridgehead atoms. The molecule has 5 aromatic rings. The first-order valence-electron chi connectivity index (χ1n) is 9.37. The molecule has 4 aromatic heterocycles. The summed E-state index contributed by atoms with van der Waals surface area (Å²) >= 11 is 1.14. The molecule has 0 radical (unpaired) electrons. The minimum atomic E-state index is -4.73. The summed E-state index contributed by atoms with van der Waals surface area (Å²) in [6.45, 7) is -0.149. The molecule has 0 aliphatic heterocycles. The number of thiophene rings is 1. The second-order valence-corrected chi connectivity index (χ2v) is 7.91. The van der Waals surface area contributed by atoms with Crippen LogP contribution in [0, 0.1) is 0 Å². The molecule has 0 fully saturated rings. The Morgan fingerprint density at radius 2 is 1.94 bits per heavy atom. The highest BCUT2D eigenvalue weighted by atomic mass is 32.1. The van der Waals surface area contributed by atoms with Crippen molar-refractivity contribution in [3.63, 3.8) is 0 Å². The number of benzene rings is 1. The number of hydrogen-bond donors (Lipinski definition) is 2. The molecule has 33 heavy (non-hydrogen) atoms. The fourth-order valence-electron chi connectivity index (χ4n) is 3.83. The number of H-pyrrole nitrogens is 1. The van der Waals surface area contributed by atoms with Gasteiger partial charge in [0.05, 0.1) is 40.5 Å². The lowest BCUT2D eigenvalue weighted by atomic mass is 10.1. The van der Waals surface area contributed by atoms with Crippen molar-refractivity contribution in [3.05, 3.63) is 85.2 Å². The van der Waals surface area contributed by atoms with Crippen molar-refractivity contribution >= 4 is 39.1 Å². The smallest absolute Gasteiger partial charge is 0.416 e. The number of carbonyl (C=O) groups is 1. The Balaban J connectivity index is 1.95. The predicted molar refractivity (Wildman–Crippen MR) is 113 cm³/mol. The summed E-state index contributed by atoms with van der Waals surface area (Å²) in [4.78, 5) is 40.8. The van der Waals surface area contributed by atoms with Crippen LogP contribution in [0.25, 0.3) is 27.5 Å². The van der Waals surface area contributed by atoms with E-state index in [2.05, 4.69) is 4.98 Å². The van der Waals surface area contributed by atoms with Gasteiger partial charge in [-0.05, 0) is 30.3 Å². The first-order valence-corrected chi connectivity index (χ1v) is 10.3. The number of nitrogens with one attached hydrogen (secondary N) is 1. The molecular formula is C21H12F3N3O5S. The van der Waals surface area contributed by atoms with Crippen LogP contribution in [0.3, 0.4) is 0 Å². The summed E-state index contributed by atoms with van der Waals surface area (Å²) in [7, 11) is 0. The Hall–Kier alpha value is -4.06. The molecule has 5 rings (SSSR count). The lowest BCUT2D eigenvalue weighted by Crippen LogP contribution is -2.34. The predicted octanol–water partition coefficient (Wildman–Crippen LogP) is 4.05. The van der Waals surface area contributed by atoms with E-state index >= 15 is 0 Å². The largest absolute Gasteiger partial charge is 0.477 e. The molecule has 0 amide bonds. The molecule has 12 heteroatoms. The third kappa shape index (κ3) is 3.26. The third-order valence-corrected chi connectivity index (χ3v) is 5.97. The van der Waals surface area contributed by atoms with Crippen LogP contribution in [0.15, 0.2) is 61.4 Å². The van der Waals surface area contributed by atoms with E-state index in [0.29, 0.717) is 10.3 Å². The second kappa shape index (κ2) is 7.24. The second-order valence-electron chi connectivity index (χ2n) is 7.17. The van der Waals surface area contributed by atoms with Crippen LogP contribution < -0.4 is 11.2 Å². The number of aromatic carboxylic acids is 1. The van der Waals surface area contributed by atoms with Crippen LogP contribution in [-0.4, -0.2) is 25.2 Å². The standard InChI is InChI=1S/C21H12F3N3O5S/c22-21(23,24)10-3-4-15-12(6-10)16(17(19(29)30)26(15)7-11-2-1-5-32-11)27-18(28)13-8-33-9-14(13)25-20(27)31/h1-6,8-9H,7H2,(H,25,31)(H,29,30). The first-order chi connectivity index (χ1) is 15.7. The highest BCUT2D eigenvalue weighted by Gasteiger charge is 2.33. The van der Waals surface area contributed by atoms with E-state index in [4.69, 9.17) is 4.42 Å². The molecule has 0 saturated heterocycles. The fourth-order valence-corrected chi connectivity index (χ4v) is 4.58. The number of aromatic amines is 1. The van der Waals surface area contributed by atoms with Gasteiger partial charge in [0.1, 0.15) is 5.76 Å². The molecule has 0 aliphatic rings. The van der Waals surface area contributed by atoms with E-state index in [1.54, 1.807) is 12.1 Å². The van der Waals surface area contributed by atoms with Crippen LogP contribution in [0.2, 0.25) is 0 Å². The van der Waals surface area contributed by atoms with Gasteiger partial charge in [0, 0.05) is 16.1 Å². The molecule has 168 valence electrons. The van der Waals surface area contributed by atoms with Crippen LogP contribution in [0.1, 0.15) is 21.8 Å². The zero-order chi connectivity index (χ0) is 23.5. The number of carboxylic acids is 1. The minimum absolute atomic E-state index is 0.0866. The van der Waals surface area contributed by atoms with E-state index in [1.807, 2.05) is 0 Å². The number of halogens is 3. The van der Waals surface area contributed by atoms with E-state index < -0.39 is 40.3 Å². The molecule has 1 aromatic carbocycles. The number of carboxylic acid groups (broad SMARTS) is 1. The van der Waals surface area contributed by atoms with E-state index in [1.165, 1.54) is 21.6 Å².